The van der Waals surface area contributed by atoms with Gasteiger partial charge in [-0.05, 0) is 33.6 Å². The minimum atomic E-state index is -3.44. The van der Waals surface area contributed by atoms with Crippen LogP contribution in [0.15, 0.2) is 21.0 Å². The maximum atomic E-state index is 10.9. The van der Waals surface area contributed by atoms with Crippen molar-refractivity contribution >= 4 is 37.1 Å². The molecule has 0 atom stereocenters. The summed E-state index contributed by atoms with van der Waals surface area (Å²) in [4.78, 5) is 4.18. The largest absolute Gasteiger partial charge is 0.440 e. The number of aryl methyl sites for hydroxylation is 1. The van der Waals surface area contributed by atoms with Crippen molar-refractivity contribution in [1.29, 1.82) is 0 Å². The van der Waals surface area contributed by atoms with Crippen molar-refractivity contribution in [2.75, 3.05) is 6.26 Å². The van der Waals surface area contributed by atoms with E-state index in [4.69, 9.17) is 8.60 Å². The van der Waals surface area contributed by atoms with E-state index >= 15 is 0 Å². The first-order chi connectivity index (χ1) is 7.85. The molecule has 0 amide bonds. The fourth-order valence-electron chi connectivity index (χ4n) is 1.42. The van der Waals surface area contributed by atoms with Gasteiger partial charge in [-0.3, -0.25) is 4.18 Å². The Morgan fingerprint density at radius 1 is 1.47 bits per heavy atom. The van der Waals surface area contributed by atoms with Crippen molar-refractivity contribution in [2.24, 2.45) is 0 Å². The molecule has 0 aliphatic carbocycles. The van der Waals surface area contributed by atoms with Gasteiger partial charge in [0.15, 0.2) is 11.5 Å². The van der Waals surface area contributed by atoms with E-state index in [1.165, 1.54) is 0 Å². The minimum Gasteiger partial charge on any atom is -0.440 e. The Bertz CT molecular complexity index is 662. The second-order valence-corrected chi connectivity index (χ2v) is 6.12. The average molecular weight is 320 g/mol. The Kier molecular flexibility index (Phi) is 3.24. The summed E-state index contributed by atoms with van der Waals surface area (Å²) < 4.78 is 32.6. The molecule has 0 spiro atoms. The van der Waals surface area contributed by atoms with Crippen LogP contribution in [0.1, 0.15) is 11.5 Å². The van der Waals surface area contributed by atoms with Gasteiger partial charge in [-0.25, -0.2) is 4.98 Å². The number of hydrogen-bond donors (Lipinski definition) is 0. The summed E-state index contributed by atoms with van der Waals surface area (Å²) in [6, 6.07) is 3.49. The number of rotatable bonds is 3. The van der Waals surface area contributed by atoms with Crippen molar-refractivity contribution in [1.82, 2.24) is 4.98 Å². The number of halogens is 1. The standard InChI is InChI=1S/C10H10BrNO4S/c1-6-12-9-4-7(5-15-17(2,13)14)3-8(11)10(9)16-6/h3-4H,5H2,1-2H3. The van der Waals surface area contributed by atoms with Crippen LogP contribution < -0.4 is 0 Å². The van der Waals surface area contributed by atoms with Crippen molar-refractivity contribution in [2.45, 2.75) is 13.5 Å². The van der Waals surface area contributed by atoms with Crippen LogP contribution in [0.2, 0.25) is 0 Å². The summed E-state index contributed by atoms with van der Waals surface area (Å²) in [5.41, 5.74) is 2.03. The lowest BCUT2D eigenvalue weighted by Crippen LogP contribution is -2.02. The predicted molar refractivity (Wildman–Crippen MR) is 66.1 cm³/mol. The molecule has 2 rings (SSSR count). The Labute approximate surface area is 107 Å². The molecule has 0 saturated heterocycles. The molecule has 0 N–H and O–H groups in total. The van der Waals surface area contributed by atoms with Gasteiger partial charge in [-0.1, -0.05) is 0 Å². The zero-order valence-corrected chi connectivity index (χ0v) is 11.6. The number of oxazole rings is 1. The number of aromatic nitrogens is 1. The van der Waals surface area contributed by atoms with Gasteiger partial charge >= 0.3 is 0 Å². The summed E-state index contributed by atoms with van der Waals surface area (Å²) >= 11 is 3.34. The van der Waals surface area contributed by atoms with Crippen molar-refractivity contribution in [3.05, 3.63) is 28.1 Å². The smallest absolute Gasteiger partial charge is 0.264 e. The molecule has 1 aromatic carbocycles. The molecule has 92 valence electrons. The highest BCUT2D eigenvalue weighted by Gasteiger charge is 2.10. The molecular weight excluding hydrogens is 310 g/mol. The highest BCUT2D eigenvalue weighted by atomic mass is 79.9. The maximum Gasteiger partial charge on any atom is 0.264 e. The first-order valence-electron chi connectivity index (χ1n) is 4.75. The van der Waals surface area contributed by atoms with Crippen molar-refractivity contribution in [3.8, 4) is 0 Å². The van der Waals surface area contributed by atoms with Crippen molar-refractivity contribution in [3.63, 3.8) is 0 Å². The van der Waals surface area contributed by atoms with E-state index in [9.17, 15) is 8.42 Å². The quantitative estimate of drug-likeness (QED) is 0.812. The molecule has 0 fully saturated rings. The second-order valence-electron chi connectivity index (χ2n) is 3.63. The minimum absolute atomic E-state index is 0.0146. The highest BCUT2D eigenvalue weighted by molar-refractivity contribution is 9.10. The third-order valence-corrected chi connectivity index (χ3v) is 3.19. The molecule has 5 nitrogen and oxygen atoms in total. The molecule has 1 aromatic heterocycles. The van der Waals surface area contributed by atoms with Crippen LogP contribution in [0.3, 0.4) is 0 Å². The third kappa shape index (κ3) is 3.05. The summed E-state index contributed by atoms with van der Waals surface area (Å²) in [6.07, 6.45) is 1.01. The zero-order valence-electron chi connectivity index (χ0n) is 9.23. The number of benzene rings is 1. The fraction of sp³-hybridized carbons (Fsp3) is 0.300. The number of fused-ring (bicyclic) bond motifs is 1. The molecule has 1 heterocycles. The summed E-state index contributed by atoms with van der Waals surface area (Å²) in [5, 5.41) is 0. The van der Waals surface area contributed by atoms with Gasteiger partial charge in [-0.2, -0.15) is 8.42 Å². The highest BCUT2D eigenvalue weighted by Crippen LogP contribution is 2.26. The lowest BCUT2D eigenvalue weighted by atomic mass is 10.2. The first kappa shape index (κ1) is 12.5. The Hall–Kier alpha value is -0.920. The van der Waals surface area contributed by atoms with Gasteiger partial charge in [0, 0.05) is 6.92 Å². The number of hydrogen-bond acceptors (Lipinski definition) is 5. The number of nitrogens with zero attached hydrogens (tertiary/aromatic N) is 1. The van der Waals surface area contributed by atoms with E-state index in [1.54, 1.807) is 19.1 Å². The lowest BCUT2D eigenvalue weighted by molar-refractivity contribution is 0.312. The maximum absolute atomic E-state index is 10.9. The van der Waals surface area contributed by atoms with E-state index in [1.807, 2.05) is 0 Å². The predicted octanol–water partition coefficient (Wildman–Crippen LogP) is 2.37. The molecular formula is C10H10BrNO4S. The molecule has 0 aliphatic rings. The summed E-state index contributed by atoms with van der Waals surface area (Å²) in [6.45, 7) is 1.73. The second kappa shape index (κ2) is 4.40. The molecule has 0 aliphatic heterocycles. The molecule has 0 bridgehead atoms. The van der Waals surface area contributed by atoms with Gasteiger partial charge in [0.1, 0.15) is 5.52 Å². The van der Waals surface area contributed by atoms with Crippen LogP contribution in [-0.4, -0.2) is 19.7 Å². The zero-order chi connectivity index (χ0) is 12.6. The molecule has 2 aromatic rings. The van der Waals surface area contributed by atoms with E-state index in [2.05, 4.69) is 20.9 Å². The van der Waals surface area contributed by atoms with Crippen molar-refractivity contribution < 1.29 is 17.0 Å². The van der Waals surface area contributed by atoms with Gasteiger partial charge in [0.2, 0.25) is 0 Å². The van der Waals surface area contributed by atoms with Crippen LogP contribution in [0.4, 0.5) is 0 Å². The molecule has 0 unspecified atom stereocenters. The fourth-order valence-corrected chi connectivity index (χ4v) is 2.34. The molecule has 0 saturated carbocycles. The molecule has 7 heteroatoms. The van der Waals surface area contributed by atoms with Crippen LogP contribution in [0.5, 0.6) is 0 Å². The van der Waals surface area contributed by atoms with E-state index in [0.717, 1.165) is 10.7 Å². The molecule has 17 heavy (non-hydrogen) atoms. The van der Waals surface area contributed by atoms with Crippen LogP contribution >= 0.6 is 15.9 Å². The van der Waals surface area contributed by atoms with Gasteiger partial charge in [0.25, 0.3) is 10.1 Å². The van der Waals surface area contributed by atoms with Crippen LogP contribution in [-0.2, 0) is 20.9 Å². The van der Waals surface area contributed by atoms with Gasteiger partial charge in [0.05, 0.1) is 17.3 Å². The Balaban J connectivity index is 2.36. The van der Waals surface area contributed by atoms with Crippen LogP contribution in [0, 0.1) is 6.92 Å². The van der Waals surface area contributed by atoms with E-state index in [0.29, 0.717) is 22.6 Å². The normalized spacial score (nSPS) is 12.2. The molecule has 0 radical (unpaired) electrons. The Morgan fingerprint density at radius 2 is 2.18 bits per heavy atom. The summed E-state index contributed by atoms with van der Waals surface area (Å²) in [5.74, 6) is 0.557. The van der Waals surface area contributed by atoms with Gasteiger partial charge < -0.3 is 4.42 Å². The lowest BCUT2D eigenvalue weighted by Gasteiger charge is -2.02. The Morgan fingerprint density at radius 3 is 2.82 bits per heavy atom. The third-order valence-electron chi connectivity index (χ3n) is 2.05. The topological polar surface area (TPSA) is 69.4 Å². The average Bonchev–Trinajstić information content (AvgIpc) is 2.55. The van der Waals surface area contributed by atoms with E-state index in [-0.39, 0.29) is 6.61 Å². The monoisotopic (exact) mass is 319 g/mol. The van der Waals surface area contributed by atoms with Crippen LogP contribution in [0.25, 0.3) is 11.1 Å². The summed E-state index contributed by atoms with van der Waals surface area (Å²) in [7, 11) is -3.44. The van der Waals surface area contributed by atoms with Gasteiger partial charge in [-0.15, -0.1) is 0 Å². The first-order valence-corrected chi connectivity index (χ1v) is 7.36. The SMILES string of the molecule is Cc1nc2cc(COS(C)(=O)=O)cc(Br)c2o1. The van der Waals surface area contributed by atoms with E-state index < -0.39 is 10.1 Å².